The van der Waals surface area contributed by atoms with Crippen molar-refractivity contribution in [2.24, 2.45) is 5.92 Å². The van der Waals surface area contributed by atoms with Gasteiger partial charge in [-0.05, 0) is 31.9 Å². The minimum absolute atomic E-state index is 0.136. The maximum absolute atomic E-state index is 12.7. The molecule has 25 heavy (non-hydrogen) atoms. The van der Waals surface area contributed by atoms with Crippen molar-refractivity contribution in [1.29, 1.82) is 0 Å². The number of hydrogen-bond acceptors (Lipinski definition) is 3. The van der Waals surface area contributed by atoms with Crippen molar-refractivity contribution in [1.82, 2.24) is 9.80 Å². The molecule has 1 aliphatic carbocycles. The van der Waals surface area contributed by atoms with Gasteiger partial charge in [0.15, 0.2) is 0 Å². The first-order chi connectivity index (χ1) is 12.1. The van der Waals surface area contributed by atoms with Crippen molar-refractivity contribution < 1.29 is 14.3 Å². The van der Waals surface area contributed by atoms with Crippen LogP contribution in [0.25, 0.3) is 0 Å². The molecule has 2 amide bonds. The molecule has 3 aliphatic rings. The molecule has 1 aromatic rings. The standard InChI is InChI=1S/C20H26N2O3/c1-14-2-6-17(7-3-14)25-18-8-10-21(11-9-18)20(24)15-12-19(23)22(13-15)16-4-5-16/h2-3,6-7,15-16,18H,4-5,8-13H2,1H3/t15-/m0/s1. The highest BCUT2D eigenvalue weighted by molar-refractivity contribution is 5.89. The summed E-state index contributed by atoms with van der Waals surface area (Å²) in [7, 11) is 0. The summed E-state index contributed by atoms with van der Waals surface area (Å²) in [5.41, 5.74) is 1.22. The van der Waals surface area contributed by atoms with Gasteiger partial charge in [0.05, 0.1) is 5.92 Å². The van der Waals surface area contributed by atoms with E-state index in [0.717, 1.165) is 44.5 Å². The zero-order valence-corrected chi connectivity index (χ0v) is 14.8. The zero-order chi connectivity index (χ0) is 17.4. The Bertz CT molecular complexity index is 645. The summed E-state index contributed by atoms with van der Waals surface area (Å²) in [6.45, 7) is 4.14. The van der Waals surface area contributed by atoms with Crippen LogP contribution in [0, 0.1) is 12.8 Å². The first kappa shape index (κ1) is 16.4. The maximum atomic E-state index is 12.7. The summed E-state index contributed by atoms with van der Waals surface area (Å²) >= 11 is 0. The number of likely N-dealkylation sites (tertiary alicyclic amines) is 2. The smallest absolute Gasteiger partial charge is 0.227 e. The number of nitrogens with zero attached hydrogens (tertiary/aromatic N) is 2. The van der Waals surface area contributed by atoms with Crippen LogP contribution in [-0.4, -0.2) is 53.4 Å². The summed E-state index contributed by atoms with van der Waals surface area (Å²) in [4.78, 5) is 28.7. The Morgan fingerprint density at radius 2 is 1.76 bits per heavy atom. The van der Waals surface area contributed by atoms with E-state index in [-0.39, 0.29) is 23.8 Å². The average molecular weight is 342 g/mol. The molecule has 1 atom stereocenters. The predicted octanol–water partition coefficient (Wildman–Crippen LogP) is 2.38. The molecule has 2 aliphatic heterocycles. The maximum Gasteiger partial charge on any atom is 0.227 e. The summed E-state index contributed by atoms with van der Waals surface area (Å²) < 4.78 is 6.04. The largest absolute Gasteiger partial charge is 0.490 e. The second-order valence-electron chi connectivity index (χ2n) is 7.63. The van der Waals surface area contributed by atoms with Gasteiger partial charge in [0, 0.05) is 44.9 Å². The number of hydrogen-bond donors (Lipinski definition) is 0. The number of amides is 2. The fraction of sp³-hybridized carbons (Fsp3) is 0.600. The van der Waals surface area contributed by atoms with Gasteiger partial charge in [-0.1, -0.05) is 17.7 Å². The Hall–Kier alpha value is -2.04. The molecule has 1 saturated carbocycles. The van der Waals surface area contributed by atoms with Gasteiger partial charge in [-0.2, -0.15) is 0 Å². The van der Waals surface area contributed by atoms with E-state index < -0.39 is 0 Å². The summed E-state index contributed by atoms with van der Waals surface area (Å²) in [5.74, 6) is 1.09. The van der Waals surface area contributed by atoms with Gasteiger partial charge in [0.2, 0.25) is 11.8 Å². The topological polar surface area (TPSA) is 49.9 Å². The van der Waals surface area contributed by atoms with Crippen molar-refractivity contribution in [3.8, 4) is 5.75 Å². The Morgan fingerprint density at radius 1 is 1.08 bits per heavy atom. The van der Waals surface area contributed by atoms with E-state index in [1.165, 1.54) is 5.56 Å². The average Bonchev–Trinajstić information content (AvgIpc) is 3.39. The molecular weight excluding hydrogens is 316 g/mol. The lowest BCUT2D eigenvalue weighted by Crippen LogP contribution is -2.45. The molecule has 1 aromatic carbocycles. The van der Waals surface area contributed by atoms with Crippen LogP contribution in [0.4, 0.5) is 0 Å². The fourth-order valence-electron chi connectivity index (χ4n) is 3.90. The van der Waals surface area contributed by atoms with Gasteiger partial charge >= 0.3 is 0 Å². The summed E-state index contributed by atoms with van der Waals surface area (Å²) in [6.07, 6.45) is 4.48. The molecule has 5 heteroatoms. The van der Waals surface area contributed by atoms with Crippen LogP contribution in [0.1, 0.15) is 37.7 Å². The lowest BCUT2D eigenvalue weighted by atomic mass is 10.0. The van der Waals surface area contributed by atoms with E-state index in [9.17, 15) is 9.59 Å². The van der Waals surface area contributed by atoms with Crippen molar-refractivity contribution in [3.63, 3.8) is 0 Å². The van der Waals surface area contributed by atoms with Crippen molar-refractivity contribution in [2.45, 2.75) is 51.2 Å². The van der Waals surface area contributed by atoms with E-state index in [4.69, 9.17) is 4.74 Å². The van der Waals surface area contributed by atoms with E-state index >= 15 is 0 Å². The Morgan fingerprint density at radius 3 is 2.40 bits per heavy atom. The lowest BCUT2D eigenvalue weighted by molar-refractivity contribution is -0.137. The molecule has 5 nitrogen and oxygen atoms in total. The number of carbonyl (C=O) groups is 2. The molecule has 0 spiro atoms. The quantitative estimate of drug-likeness (QED) is 0.844. The van der Waals surface area contributed by atoms with Gasteiger partial charge in [-0.3, -0.25) is 9.59 Å². The predicted molar refractivity (Wildman–Crippen MR) is 94.3 cm³/mol. The number of ether oxygens (including phenoxy) is 1. The molecule has 0 radical (unpaired) electrons. The monoisotopic (exact) mass is 342 g/mol. The first-order valence-corrected chi connectivity index (χ1v) is 9.42. The molecule has 0 aromatic heterocycles. The van der Waals surface area contributed by atoms with Gasteiger partial charge in [0.25, 0.3) is 0 Å². The molecule has 3 fully saturated rings. The fourth-order valence-corrected chi connectivity index (χ4v) is 3.90. The van der Waals surface area contributed by atoms with E-state index in [1.807, 2.05) is 21.9 Å². The van der Waals surface area contributed by atoms with Crippen molar-refractivity contribution in [2.75, 3.05) is 19.6 Å². The Kier molecular flexibility index (Phi) is 4.40. The number of aryl methyl sites for hydroxylation is 1. The minimum Gasteiger partial charge on any atom is -0.490 e. The van der Waals surface area contributed by atoms with Gasteiger partial charge in [-0.25, -0.2) is 0 Å². The highest BCUT2D eigenvalue weighted by atomic mass is 16.5. The summed E-state index contributed by atoms with van der Waals surface area (Å²) in [5, 5.41) is 0. The Balaban J connectivity index is 1.27. The van der Waals surface area contributed by atoms with Crippen LogP contribution < -0.4 is 4.74 Å². The third-order valence-corrected chi connectivity index (χ3v) is 5.57. The first-order valence-electron chi connectivity index (χ1n) is 9.42. The third-order valence-electron chi connectivity index (χ3n) is 5.57. The zero-order valence-electron chi connectivity index (χ0n) is 14.8. The van der Waals surface area contributed by atoms with Gasteiger partial charge in [-0.15, -0.1) is 0 Å². The Labute approximate surface area is 148 Å². The number of carbonyl (C=O) groups excluding carboxylic acids is 2. The van der Waals surface area contributed by atoms with Gasteiger partial charge in [0.1, 0.15) is 11.9 Å². The molecule has 2 saturated heterocycles. The highest BCUT2D eigenvalue weighted by Crippen LogP contribution is 2.33. The number of benzene rings is 1. The van der Waals surface area contributed by atoms with Crippen LogP contribution in [0.5, 0.6) is 5.75 Å². The van der Waals surface area contributed by atoms with Crippen LogP contribution in [0.3, 0.4) is 0 Å². The van der Waals surface area contributed by atoms with Crippen LogP contribution in [-0.2, 0) is 9.59 Å². The number of piperidine rings is 1. The molecule has 2 heterocycles. The molecule has 134 valence electrons. The SMILES string of the molecule is Cc1ccc(OC2CCN(C(=O)[C@H]3CC(=O)N(C4CC4)C3)CC2)cc1. The van der Waals surface area contributed by atoms with E-state index in [0.29, 0.717) is 19.0 Å². The molecule has 4 rings (SSSR count). The molecule has 0 N–H and O–H groups in total. The minimum atomic E-state index is -0.136. The second-order valence-corrected chi connectivity index (χ2v) is 7.63. The highest BCUT2D eigenvalue weighted by Gasteiger charge is 2.43. The second kappa shape index (κ2) is 6.70. The van der Waals surface area contributed by atoms with E-state index in [1.54, 1.807) is 0 Å². The number of rotatable bonds is 4. The van der Waals surface area contributed by atoms with E-state index in [2.05, 4.69) is 19.1 Å². The molecule has 0 bridgehead atoms. The third kappa shape index (κ3) is 3.65. The van der Waals surface area contributed by atoms with Crippen molar-refractivity contribution >= 4 is 11.8 Å². The van der Waals surface area contributed by atoms with Crippen LogP contribution >= 0.6 is 0 Å². The molecule has 0 unspecified atom stereocenters. The molecular formula is C20H26N2O3. The summed E-state index contributed by atoms with van der Waals surface area (Å²) in [6, 6.07) is 8.53. The van der Waals surface area contributed by atoms with Crippen molar-refractivity contribution in [3.05, 3.63) is 29.8 Å². The van der Waals surface area contributed by atoms with Crippen LogP contribution in [0.2, 0.25) is 0 Å². The normalized spacial score (nSPS) is 24.7. The lowest BCUT2D eigenvalue weighted by Gasteiger charge is -2.33. The van der Waals surface area contributed by atoms with Gasteiger partial charge < -0.3 is 14.5 Å². The van der Waals surface area contributed by atoms with Crippen LogP contribution in [0.15, 0.2) is 24.3 Å².